The number of rotatable bonds is 5. The van der Waals surface area contributed by atoms with Gasteiger partial charge in [0.25, 0.3) is 5.91 Å². The summed E-state index contributed by atoms with van der Waals surface area (Å²) in [6.07, 6.45) is 0.692. The Morgan fingerprint density at radius 1 is 1.41 bits per heavy atom. The molecular formula is C13H19FN2O. The molecule has 3 nitrogen and oxygen atoms in total. The molecule has 17 heavy (non-hydrogen) atoms. The number of hydrogen-bond donors (Lipinski definition) is 2. The predicted octanol–water partition coefficient (Wildman–Crippen LogP) is 1.93. The van der Waals surface area contributed by atoms with Crippen LogP contribution in [-0.2, 0) is 0 Å². The highest BCUT2D eigenvalue weighted by Gasteiger charge is 2.18. The van der Waals surface area contributed by atoms with Crippen LogP contribution in [0.5, 0.6) is 0 Å². The summed E-state index contributed by atoms with van der Waals surface area (Å²) in [4.78, 5) is 11.9. The third-order valence-corrected chi connectivity index (χ3v) is 2.72. The maximum Gasteiger partial charge on any atom is 0.254 e. The minimum absolute atomic E-state index is 0.0212. The highest BCUT2D eigenvalue weighted by Crippen LogP contribution is 2.10. The number of amides is 1. The number of nitrogens with one attached hydrogen (secondary N) is 1. The monoisotopic (exact) mass is 238 g/mol. The van der Waals surface area contributed by atoms with Gasteiger partial charge < -0.3 is 11.1 Å². The lowest BCUT2D eigenvalue weighted by Gasteiger charge is -2.21. The zero-order chi connectivity index (χ0) is 12.8. The molecule has 94 valence electrons. The normalized spacial score (nSPS) is 12.5. The van der Waals surface area contributed by atoms with Crippen molar-refractivity contribution < 1.29 is 9.18 Å². The van der Waals surface area contributed by atoms with E-state index in [9.17, 15) is 9.18 Å². The Morgan fingerprint density at radius 3 is 2.59 bits per heavy atom. The van der Waals surface area contributed by atoms with Gasteiger partial charge in [-0.15, -0.1) is 0 Å². The van der Waals surface area contributed by atoms with Crippen molar-refractivity contribution in [3.63, 3.8) is 0 Å². The summed E-state index contributed by atoms with van der Waals surface area (Å²) in [6, 6.07) is 5.94. The zero-order valence-corrected chi connectivity index (χ0v) is 10.2. The van der Waals surface area contributed by atoms with E-state index in [0.717, 1.165) is 0 Å². The number of carbonyl (C=O) groups is 1. The van der Waals surface area contributed by atoms with E-state index >= 15 is 0 Å². The van der Waals surface area contributed by atoms with Crippen molar-refractivity contribution in [1.82, 2.24) is 5.32 Å². The van der Waals surface area contributed by atoms with Crippen LogP contribution < -0.4 is 11.1 Å². The fraction of sp³-hybridized carbons (Fsp3) is 0.462. The van der Waals surface area contributed by atoms with Gasteiger partial charge in [-0.1, -0.05) is 26.0 Å². The molecule has 0 saturated carbocycles. The van der Waals surface area contributed by atoms with Crippen LogP contribution in [0.1, 0.15) is 30.6 Å². The maximum absolute atomic E-state index is 13.4. The Morgan fingerprint density at radius 2 is 2.06 bits per heavy atom. The summed E-state index contributed by atoms with van der Waals surface area (Å²) in [5, 5.41) is 2.82. The fourth-order valence-electron chi connectivity index (χ4n) is 1.64. The van der Waals surface area contributed by atoms with Crippen molar-refractivity contribution >= 4 is 5.91 Å². The van der Waals surface area contributed by atoms with Gasteiger partial charge in [0.2, 0.25) is 0 Å². The van der Waals surface area contributed by atoms with E-state index in [1.807, 2.05) is 13.8 Å². The molecule has 1 atom stereocenters. The van der Waals surface area contributed by atoms with Crippen molar-refractivity contribution in [3.05, 3.63) is 35.6 Å². The van der Waals surface area contributed by atoms with Crippen molar-refractivity contribution in [2.45, 2.75) is 26.3 Å². The van der Waals surface area contributed by atoms with Crippen LogP contribution >= 0.6 is 0 Å². The van der Waals surface area contributed by atoms with E-state index in [0.29, 0.717) is 13.0 Å². The van der Waals surface area contributed by atoms with Gasteiger partial charge in [-0.25, -0.2) is 4.39 Å². The summed E-state index contributed by atoms with van der Waals surface area (Å²) in [6.45, 7) is 4.50. The molecule has 1 amide bonds. The number of carbonyl (C=O) groups excluding carboxylic acids is 1. The van der Waals surface area contributed by atoms with Crippen molar-refractivity contribution in [2.75, 3.05) is 6.54 Å². The van der Waals surface area contributed by atoms with Gasteiger partial charge >= 0.3 is 0 Å². The van der Waals surface area contributed by atoms with E-state index in [2.05, 4.69) is 5.32 Å². The third-order valence-electron chi connectivity index (χ3n) is 2.72. The van der Waals surface area contributed by atoms with Gasteiger partial charge in [0.05, 0.1) is 5.56 Å². The van der Waals surface area contributed by atoms with Gasteiger partial charge in [0.15, 0.2) is 0 Å². The largest absolute Gasteiger partial charge is 0.349 e. The topological polar surface area (TPSA) is 55.1 Å². The molecule has 0 spiro atoms. The lowest BCUT2D eigenvalue weighted by atomic mass is 10.0. The van der Waals surface area contributed by atoms with Crippen molar-refractivity contribution in [3.8, 4) is 0 Å². The second kappa shape index (κ2) is 6.35. The SMILES string of the molecule is CC(C)C(CCN)NC(=O)c1ccccc1F. The first-order valence-corrected chi connectivity index (χ1v) is 5.81. The molecule has 1 aromatic rings. The van der Waals surface area contributed by atoms with Gasteiger partial charge in [-0.2, -0.15) is 0 Å². The van der Waals surface area contributed by atoms with Crippen LogP contribution in [0.2, 0.25) is 0 Å². The highest BCUT2D eigenvalue weighted by molar-refractivity contribution is 5.94. The van der Waals surface area contributed by atoms with E-state index in [1.54, 1.807) is 12.1 Å². The van der Waals surface area contributed by atoms with Crippen LogP contribution in [0.25, 0.3) is 0 Å². The quantitative estimate of drug-likeness (QED) is 0.823. The minimum Gasteiger partial charge on any atom is -0.349 e. The average Bonchev–Trinajstić information content (AvgIpc) is 2.28. The molecule has 3 N–H and O–H groups in total. The molecule has 1 unspecified atom stereocenters. The Kier molecular flexibility index (Phi) is 5.10. The molecule has 1 aromatic carbocycles. The highest BCUT2D eigenvalue weighted by atomic mass is 19.1. The van der Waals surface area contributed by atoms with Crippen LogP contribution in [-0.4, -0.2) is 18.5 Å². The molecule has 0 heterocycles. The van der Waals surface area contributed by atoms with Crippen LogP contribution in [0.3, 0.4) is 0 Å². The molecule has 0 radical (unpaired) electrons. The number of nitrogens with two attached hydrogens (primary N) is 1. The third kappa shape index (κ3) is 3.82. The van der Waals surface area contributed by atoms with Gasteiger partial charge in [-0.3, -0.25) is 4.79 Å². The maximum atomic E-state index is 13.4. The first kappa shape index (κ1) is 13.6. The van der Waals surface area contributed by atoms with Gasteiger partial charge in [0, 0.05) is 6.04 Å². The Bertz CT molecular complexity index is 379. The molecule has 1 rings (SSSR count). The summed E-state index contributed by atoms with van der Waals surface area (Å²) >= 11 is 0. The molecule has 0 aliphatic heterocycles. The lowest BCUT2D eigenvalue weighted by Crippen LogP contribution is -2.40. The number of hydrogen-bond acceptors (Lipinski definition) is 2. The second-order valence-electron chi connectivity index (χ2n) is 4.38. The molecule has 0 aliphatic rings. The van der Waals surface area contributed by atoms with Gasteiger partial charge in [0.1, 0.15) is 5.82 Å². The summed E-state index contributed by atoms with van der Waals surface area (Å²) < 4.78 is 13.4. The second-order valence-corrected chi connectivity index (χ2v) is 4.38. The van der Waals surface area contributed by atoms with Gasteiger partial charge in [-0.05, 0) is 31.0 Å². The molecule has 0 aromatic heterocycles. The van der Waals surface area contributed by atoms with E-state index < -0.39 is 5.82 Å². The first-order valence-electron chi connectivity index (χ1n) is 5.81. The van der Waals surface area contributed by atoms with Crippen molar-refractivity contribution in [1.29, 1.82) is 0 Å². The standard InChI is InChI=1S/C13H19FN2O/c1-9(2)12(7-8-15)16-13(17)10-5-3-4-6-11(10)14/h3-6,9,12H,7-8,15H2,1-2H3,(H,16,17). The molecule has 4 heteroatoms. The molecule has 0 saturated heterocycles. The fourth-order valence-corrected chi connectivity index (χ4v) is 1.64. The smallest absolute Gasteiger partial charge is 0.254 e. The first-order chi connectivity index (χ1) is 8.06. The van der Waals surface area contributed by atoms with E-state index in [4.69, 9.17) is 5.73 Å². The Labute approximate surface area is 101 Å². The molecule has 0 fully saturated rings. The molecule has 0 aliphatic carbocycles. The number of halogens is 1. The van der Waals surface area contributed by atoms with Crippen LogP contribution in [0.15, 0.2) is 24.3 Å². The average molecular weight is 238 g/mol. The molecule has 0 bridgehead atoms. The van der Waals surface area contributed by atoms with Crippen LogP contribution in [0.4, 0.5) is 4.39 Å². The zero-order valence-electron chi connectivity index (χ0n) is 10.2. The lowest BCUT2D eigenvalue weighted by molar-refractivity contribution is 0.0920. The summed E-state index contributed by atoms with van der Waals surface area (Å²) in [5.41, 5.74) is 5.57. The Balaban J connectivity index is 2.74. The number of benzene rings is 1. The molecular weight excluding hydrogens is 219 g/mol. The minimum atomic E-state index is -0.500. The van der Waals surface area contributed by atoms with E-state index in [1.165, 1.54) is 12.1 Å². The van der Waals surface area contributed by atoms with E-state index in [-0.39, 0.29) is 23.4 Å². The predicted molar refractivity (Wildman–Crippen MR) is 66.2 cm³/mol. The summed E-state index contributed by atoms with van der Waals surface area (Å²) in [5.74, 6) is -0.607. The van der Waals surface area contributed by atoms with Crippen molar-refractivity contribution in [2.24, 2.45) is 11.7 Å². The Hall–Kier alpha value is -1.42. The van der Waals surface area contributed by atoms with Crippen LogP contribution in [0, 0.1) is 11.7 Å². The summed E-state index contributed by atoms with van der Waals surface area (Å²) in [7, 11) is 0.